The van der Waals surface area contributed by atoms with Crippen molar-refractivity contribution in [2.75, 3.05) is 56.1 Å². The van der Waals surface area contributed by atoms with Crippen molar-refractivity contribution in [3.05, 3.63) is 41.3 Å². The van der Waals surface area contributed by atoms with Gasteiger partial charge in [-0.05, 0) is 44.7 Å². The van der Waals surface area contributed by atoms with Crippen molar-refractivity contribution in [3.63, 3.8) is 0 Å². The number of nitrogens with one attached hydrogen (secondary N) is 1. The first-order valence-electron chi connectivity index (χ1n) is 11.2. The van der Waals surface area contributed by atoms with Gasteiger partial charge in [-0.15, -0.1) is 0 Å². The molecule has 1 aromatic carbocycles. The Labute approximate surface area is 184 Å². The summed E-state index contributed by atoms with van der Waals surface area (Å²) < 4.78 is 5.47. The van der Waals surface area contributed by atoms with Crippen LogP contribution < -0.4 is 15.0 Å². The average Bonchev–Trinajstić information content (AvgIpc) is 2.79. The highest BCUT2D eigenvalue weighted by Crippen LogP contribution is 2.28. The predicted octanol–water partition coefficient (Wildman–Crippen LogP) is 2.92. The maximum Gasteiger partial charge on any atom is 0.322 e. The highest BCUT2D eigenvalue weighted by Gasteiger charge is 2.28. The number of carbonyl (C=O) groups excluding carboxylic acids is 1. The number of carbonyl (C=O) groups is 1. The number of amides is 2. The fourth-order valence-electron chi connectivity index (χ4n) is 4.23. The first-order valence-corrected chi connectivity index (χ1v) is 11.2. The normalized spacial score (nSPS) is 16.7. The number of benzene rings is 1. The van der Waals surface area contributed by atoms with Crippen molar-refractivity contribution in [2.45, 2.75) is 33.7 Å². The van der Waals surface area contributed by atoms with Crippen molar-refractivity contribution in [3.8, 4) is 5.75 Å². The average molecular weight is 425 g/mol. The zero-order valence-corrected chi connectivity index (χ0v) is 18.7. The van der Waals surface area contributed by atoms with E-state index in [0.717, 1.165) is 73.5 Å². The molecule has 0 bridgehead atoms. The molecule has 3 heterocycles. The predicted molar refractivity (Wildman–Crippen MR) is 122 cm³/mol. The van der Waals surface area contributed by atoms with Gasteiger partial charge in [0, 0.05) is 50.4 Å². The molecular formula is C23H32N6O2. The molecule has 0 saturated carbocycles. The maximum absolute atomic E-state index is 12.9. The van der Waals surface area contributed by atoms with Gasteiger partial charge in [0.1, 0.15) is 17.4 Å². The van der Waals surface area contributed by atoms with E-state index in [4.69, 9.17) is 9.72 Å². The number of hydrogen-bond acceptors (Lipinski definition) is 6. The summed E-state index contributed by atoms with van der Waals surface area (Å²) in [6, 6.07) is 7.37. The fraction of sp³-hybridized carbons (Fsp3) is 0.522. The molecule has 2 aliphatic heterocycles. The van der Waals surface area contributed by atoms with E-state index in [9.17, 15) is 4.79 Å². The van der Waals surface area contributed by atoms with E-state index in [0.29, 0.717) is 19.7 Å². The van der Waals surface area contributed by atoms with Crippen LogP contribution in [0, 0.1) is 6.92 Å². The summed E-state index contributed by atoms with van der Waals surface area (Å²) >= 11 is 0. The second-order valence-corrected chi connectivity index (χ2v) is 8.00. The summed E-state index contributed by atoms with van der Waals surface area (Å²) in [5.74, 6) is 2.60. The quantitative estimate of drug-likeness (QED) is 0.796. The number of aryl methyl sites for hydroxylation is 1. The maximum atomic E-state index is 12.9. The highest BCUT2D eigenvalue weighted by atomic mass is 16.5. The fourth-order valence-corrected chi connectivity index (χ4v) is 4.23. The Kier molecular flexibility index (Phi) is 6.56. The van der Waals surface area contributed by atoms with Crippen LogP contribution in [0.4, 0.5) is 16.3 Å². The van der Waals surface area contributed by atoms with Gasteiger partial charge in [0.2, 0.25) is 0 Å². The van der Waals surface area contributed by atoms with E-state index in [1.54, 1.807) is 0 Å². The summed E-state index contributed by atoms with van der Waals surface area (Å²) in [4.78, 5) is 29.1. The minimum absolute atomic E-state index is 0.0999. The third-order valence-electron chi connectivity index (χ3n) is 5.97. The van der Waals surface area contributed by atoms with Crippen molar-refractivity contribution < 1.29 is 9.53 Å². The summed E-state index contributed by atoms with van der Waals surface area (Å²) in [5.41, 5.74) is 2.92. The van der Waals surface area contributed by atoms with E-state index in [-0.39, 0.29) is 6.03 Å². The van der Waals surface area contributed by atoms with Gasteiger partial charge >= 0.3 is 6.03 Å². The molecular weight excluding hydrogens is 392 g/mol. The number of anilines is 2. The smallest absolute Gasteiger partial charge is 0.322 e. The standard InChI is InChI=1S/C23H32N6O2/c1-4-27-12-14-28(15-13-27)22-20-16-29(11-10-21(20)24-17(3)25-22)23(30)26-18-6-8-19(9-7-18)31-5-2/h6-9H,4-5,10-16H2,1-3H3,(H,26,30). The minimum Gasteiger partial charge on any atom is -0.494 e. The molecule has 2 aliphatic rings. The second kappa shape index (κ2) is 9.51. The van der Waals surface area contributed by atoms with Crippen molar-refractivity contribution >= 4 is 17.5 Å². The van der Waals surface area contributed by atoms with Crippen LogP contribution in [0.1, 0.15) is 30.9 Å². The first-order chi connectivity index (χ1) is 15.1. The van der Waals surface area contributed by atoms with Gasteiger partial charge in [-0.3, -0.25) is 0 Å². The number of likely N-dealkylation sites (N-methyl/N-ethyl adjacent to an activating group) is 1. The molecule has 0 spiro atoms. The van der Waals surface area contributed by atoms with Gasteiger partial charge in [-0.2, -0.15) is 0 Å². The van der Waals surface area contributed by atoms with Gasteiger partial charge in [0.25, 0.3) is 0 Å². The van der Waals surface area contributed by atoms with Gasteiger partial charge in [0.05, 0.1) is 18.8 Å². The molecule has 1 N–H and O–H groups in total. The van der Waals surface area contributed by atoms with Crippen LogP contribution >= 0.6 is 0 Å². The number of ether oxygens (including phenoxy) is 1. The molecule has 31 heavy (non-hydrogen) atoms. The van der Waals surface area contributed by atoms with Crippen molar-refractivity contribution in [1.29, 1.82) is 0 Å². The lowest BCUT2D eigenvalue weighted by Gasteiger charge is -2.37. The molecule has 0 aliphatic carbocycles. The van der Waals surface area contributed by atoms with Crippen molar-refractivity contribution in [2.24, 2.45) is 0 Å². The summed E-state index contributed by atoms with van der Waals surface area (Å²) in [6.07, 6.45) is 0.747. The molecule has 0 unspecified atom stereocenters. The van der Waals surface area contributed by atoms with E-state index in [2.05, 4.69) is 27.0 Å². The molecule has 8 nitrogen and oxygen atoms in total. The number of urea groups is 1. The number of fused-ring (bicyclic) bond motifs is 1. The van der Waals surface area contributed by atoms with Crippen LogP contribution in [-0.2, 0) is 13.0 Å². The van der Waals surface area contributed by atoms with Gasteiger partial charge < -0.3 is 24.8 Å². The SMILES string of the molecule is CCOc1ccc(NC(=O)N2CCc3nc(C)nc(N4CCN(CC)CC4)c3C2)cc1. The topological polar surface area (TPSA) is 73.8 Å². The lowest BCUT2D eigenvalue weighted by molar-refractivity contribution is 0.205. The number of nitrogens with zero attached hydrogens (tertiary/aromatic N) is 5. The minimum atomic E-state index is -0.0999. The van der Waals surface area contributed by atoms with Crippen LogP contribution in [0.5, 0.6) is 5.75 Å². The Balaban J connectivity index is 1.47. The van der Waals surface area contributed by atoms with Gasteiger partial charge in [0.15, 0.2) is 0 Å². The highest BCUT2D eigenvalue weighted by molar-refractivity contribution is 5.89. The molecule has 2 aromatic rings. The summed E-state index contributed by atoms with van der Waals surface area (Å²) in [5, 5.41) is 3.01. The molecule has 166 valence electrons. The Hall–Kier alpha value is -2.87. The number of aromatic nitrogens is 2. The zero-order valence-electron chi connectivity index (χ0n) is 18.7. The van der Waals surface area contributed by atoms with Crippen molar-refractivity contribution in [1.82, 2.24) is 19.8 Å². The zero-order chi connectivity index (χ0) is 21.8. The third kappa shape index (κ3) is 4.90. The first kappa shape index (κ1) is 21.4. The monoisotopic (exact) mass is 424 g/mol. The lowest BCUT2D eigenvalue weighted by Crippen LogP contribution is -2.47. The van der Waals surface area contributed by atoms with Crippen LogP contribution in [-0.4, -0.2) is 71.7 Å². The molecule has 4 rings (SSSR count). The number of rotatable bonds is 5. The molecule has 1 fully saturated rings. The van der Waals surface area contributed by atoms with E-state index >= 15 is 0 Å². The summed E-state index contributed by atoms with van der Waals surface area (Å²) in [7, 11) is 0. The Bertz CT molecular complexity index is 909. The molecule has 8 heteroatoms. The largest absolute Gasteiger partial charge is 0.494 e. The third-order valence-corrected chi connectivity index (χ3v) is 5.97. The second-order valence-electron chi connectivity index (χ2n) is 8.00. The molecule has 0 radical (unpaired) electrons. The van der Waals surface area contributed by atoms with E-state index in [1.807, 2.05) is 43.0 Å². The van der Waals surface area contributed by atoms with Gasteiger partial charge in [-0.1, -0.05) is 6.92 Å². The van der Waals surface area contributed by atoms with Crippen LogP contribution in [0.3, 0.4) is 0 Å². The molecule has 1 aromatic heterocycles. The molecule has 2 amide bonds. The Morgan fingerprint density at radius 3 is 2.48 bits per heavy atom. The van der Waals surface area contributed by atoms with Crippen LogP contribution in [0.25, 0.3) is 0 Å². The molecule has 1 saturated heterocycles. The number of piperazine rings is 1. The van der Waals surface area contributed by atoms with E-state index < -0.39 is 0 Å². The molecule has 0 atom stereocenters. The van der Waals surface area contributed by atoms with Gasteiger partial charge in [-0.25, -0.2) is 14.8 Å². The van der Waals surface area contributed by atoms with E-state index in [1.165, 1.54) is 0 Å². The Morgan fingerprint density at radius 1 is 1.06 bits per heavy atom. The Morgan fingerprint density at radius 2 is 1.81 bits per heavy atom. The lowest BCUT2D eigenvalue weighted by atomic mass is 10.1. The van der Waals surface area contributed by atoms with Crippen LogP contribution in [0.15, 0.2) is 24.3 Å². The summed E-state index contributed by atoms with van der Waals surface area (Å²) in [6.45, 7) is 13.0. The van der Waals surface area contributed by atoms with Crippen LogP contribution in [0.2, 0.25) is 0 Å². The number of hydrogen-bond donors (Lipinski definition) is 1.